The van der Waals surface area contributed by atoms with Crippen molar-refractivity contribution in [3.63, 3.8) is 0 Å². The Morgan fingerprint density at radius 3 is 2.86 bits per heavy atom. The van der Waals surface area contributed by atoms with Gasteiger partial charge in [-0.25, -0.2) is 9.97 Å². The Labute approximate surface area is 84.3 Å². The molecule has 0 fully saturated rings. The molecule has 4 nitrogen and oxygen atoms in total. The van der Waals surface area contributed by atoms with Gasteiger partial charge in [0, 0.05) is 6.21 Å². The van der Waals surface area contributed by atoms with Gasteiger partial charge in [-0.1, -0.05) is 13.8 Å². The van der Waals surface area contributed by atoms with Crippen LogP contribution in [0.1, 0.15) is 26.0 Å². The molecule has 0 spiro atoms. The molecule has 0 amide bonds. The van der Waals surface area contributed by atoms with E-state index in [0.717, 1.165) is 12.1 Å². The van der Waals surface area contributed by atoms with E-state index >= 15 is 0 Å². The summed E-state index contributed by atoms with van der Waals surface area (Å²) in [5.41, 5.74) is 7.19. The van der Waals surface area contributed by atoms with E-state index in [-0.39, 0.29) is 0 Å². The summed E-state index contributed by atoms with van der Waals surface area (Å²) in [5.74, 6) is 0.894. The molecule has 76 valence electrons. The van der Waals surface area contributed by atoms with Gasteiger partial charge < -0.3 is 5.73 Å². The van der Waals surface area contributed by atoms with Crippen LogP contribution in [0.2, 0.25) is 0 Å². The van der Waals surface area contributed by atoms with Crippen molar-refractivity contribution in [3.8, 4) is 0 Å². The molecule has 0 aliphatic heterocycles. The molecule has 1 heterocycles. The molecule has 0 saturated carbocycles. The lowest BCUT2D eigenvalue weighted by Crippen LogP contribution is -1.97. The molecule has 0 aliphatic carbocycles. The number of hydrogen-bond acceptors (Lipinski definition) is 4. The maximum atomic E-state index is 5.68. The van der Waals surface area contributed by atoms with E-state index in [1.807, 2.05) is 13.1 Å². The molecule has 0 aliphatic rings. The summed E-state index contributed by atoms with van der Waals surface area (Å²) in [4.78, 5) is 12.2. The number of nitrogens with two attached hydrogens (primary N) is 1. The summed E-state index contributed by atoms with van der Waals surface area (Å²) < 4.78 is 0. The standard InChI is InChI=1S/C10H16N4/c1-4-7(2)5-12-9-8(3)13-6-14-10(9)11/h5-7H,4H2,1-3H3,(H2,11,13,14)/b12-5-. The highest BCUT2D eigenvalue weighted by molar-refractivity contribution is 5.71. The number of nitrogen functional groups attached to an aromatic ring is 1. The molecule has 1 atom stereocenters. The Morgan fingerprint density at radius 1 is 1.57 bits per heavy atom. The lowest BCUT2D eigenvalue weighted by Gasteiger charge is -2.03. The number of aromatic nitrogens is 2. The van der Waals surface area contributed by atoms with Gasteiger partial charge in [0.2, 0.25) is 0 Å². The Bertz CT molecular complexity index is 313. The second-order valence-corrected chi connectivity index (χ2v) is 3.36. The van der Waals surface area contributed by atoms with Crippen molar-refractivity contribution in [2.24, 2.45) is 10.9 Å². The number of nitrogens with zero attached hydrogens (tertiary/aromatic N) is 3. The fraction of sp³-hybridized carbons (Fsp3) is 0.500. The molecule has 0 aromatic carbocycles. The first kappa shape index (κ1) is 10.6. The van der Waals surface area contributed by atoms with E-state index in [9.17, 15) is 0 Å². The number of anilines is 1. The second kappa shape index (κ2) is 4.69. The average molecular weight is 192 g/mol. The predicted octanol–water partition coefficient (Wildman–Crippen LogP) is 2.12. The molecular formula is C10H16N4. The summed E-state index contributed by atoms with van der Waals surface area (Å²) in [6.07, 6.45) is 4.41. The van der Waals surface area contributed by atoms with Crippen LogP contribution in [-0.4, -0.2) is 16.2 Å². The summed E-state index contributed by atoms with van der Waals surface area (Å²) in [6.45, 7) is 6.11. The minimum absolute atomic E-state index is 0.442. The quantitative estimate of drug-likeness (QED) is 0.746. The minimum Gasteiger partial charge on any atom is -0.382 e. The van der Waals surface area contributed by atoms with Crippen molar-refractivity contribution in [2.75, 3.05) is 5.73 Å². The van der Waals surface area contributed by atoms with Crippen LogP contribution in [-0.2, 0) is 0 Å². The van der Waals surface area contributed by atoms with Crippen LogP contribution >= 0.6 is 0 Å². The summed E-state index contributed by atoms with van der Waals surface area (Å²) in [7, 11) is 0. The van der Waals surface area contributed by atoms with Gasteiger partial charge in [0.1, 0.15) is 12.0 Å². The Morgan fingerprint density at radius 2 is 2.29 bits per heavy atom. The molecule has 0 bridgehead atoms. The minimum atomic E-state index is 0.442. The predicted molar refractivity (Wildman–Crippen MR) is 58.8 cm³/mol. The van der Waals surface area contributed by atoms with Gasteiger partial charge in [-0.15, -0.1) is 0 Å². The maximum Gasteiger partial charge on any atom is 0.153 e. The number of rotatable bonds is 3. The normalized spacial score (nSPS) is 13.4. The van der Waals surface area contributed by atoms with E-state index in [0.29, 0.717) is 17.4 Å². The van der Waals surface area contributed by atoms with E-state index in [1.165, 1.54) is 6.33 Å². The van der Waals surface area contributed by atoms with Gasteiger partial charge in [-0.05, 0) is 19.3 Å². The van der Waals surface area contributed by atoms with Crippen LogP contribution < -0.4 is 5.73 Å². The highest BCUT2D eigenvalue weighted by Gasteiger charge is 2.02. The molecule has 1 rings (SSSR count). The Hall–Kier alpha value is -1.45. The molecule has 4 heteroatoms. The van der Waals surface area contributed by atoms with Crippen LogP contribution in [0.25, 0.3) is 0 Å². The third-order valence-electron chi connectivity index (χ3n) is 2.14. The molecule has 1 aromatic rings. The Balaban J connectivity index is 2.91. The van der Waals surface area contributed by atoms with Crippen molar-refractivity contribution >= 4 is 17.7 Å². The largest absolute Gasteiger partial charge is 0.382 e. The van der Waals surface area contributed by atoms with E-state index in [4.69, 9.17) is 5.73 Å². The topological polar surface area (TPSA) is 64.2 Å². The van der Waals surface area contributed by atoms with Gasteiger partial charge >= 0.3 is 0 Å². The highest BCUT2D eigenvalue weighted by Crippen LogP contribution is 2.21. The first-order valence-corrected chi connectivity index (χ1v) is 4.76. The fourth-order valence-corrected chi connectivity index (χ4v) is 0.952. The highest BCUT2D eigenvalue weighted by atomic mass is 15.0. The lowest BCUT2D eigenvalue weighted by atomic mass is 10.1. The van der Waals surface area contributed by atoms with Crippen molar-refractivity contribution in [1.29, 1.82) is 0 Å². The third-order valence-corrected chi connectivity index (χ3v) is 2.14. The average Bonchev–Trinajstić information content (AvgIpc) is 2.16. The number of aryl methyl sites for hydroxylation is 1. The van der Waals surface area contributed by atoms with Crippen LogP contribution in [0.3, 0.4) is 0 Å². The van der Waals surface area contributed by atoms with E-state index < -0.39 is 0 Å². The zero-order chi connectivity index (χ0) is 10.6. The van der Waals surface area contributed by atoms with Crippen molar-refractivity contribution in [3.05, 3.63) is 12.0 Å². The van der Waals surface area contributed by atoms with Crippen LogP contribution in [0.5, 0.6) is 0 Å². The number of aliphatic imine (C=N–C) groups is 1. The summed E-state index contributed by atoms with van der Waals surface area (Å²) >= 11 is 0. The van der Waals surface area contributed by atoms with Gasteiger partial charge in [-0.2, -0.15) is 0 Å². The van der Waals surface area contributed by atoms with Crippen molar-refractivity contribution in [2.45, 2.75) is 27.2 Å². The van der Waals surface area contributed by atoms with Crippen LogP contribution in [0, 0.1) is 12.8 Å². The molecule has 0 saturated heterocycles. The van der Waals surface area contributed by atoms with E-state index in [2.05, 4.69) is 28.8 Å². The summed E-state index contributed by atoms with van der Waals surface area (Å²) in [6, 6.07) is 0. The monoisotopic (exact) mass is 192 g/mol. The fourth-order valence-electron chi connectivity index (χ4n) is 0.952. The van der Waals surface area contributed by atoms with Crippen LogP contribution in [0.15, 0.2) is 11.3 Å². The van der Waals surface area contributed by atoms with E-state index in [1.54, 1.807) is 0 Å². The molecule has 1 unspecified atom stereocenters. The maximum absolute atomic E-state index is 5.68. The van der Waals surface area contributed by atoms with Crippen LogP contribution in [0.4, 0.5) is 11.5 Å². The van der Waals surface area contributed by atoms with Crippen molar-refractivity contribution in [1.82, 2.24) is 9.97 Å². The molecule has 14 heavy (non-hydrogen) atoms. The first-order valence-electron chi connectivity index (χ1n) is 4.76. The first-order chi connectivity index (χ1) is 6.65. The third kappa shape index (κ3) is 2.52. The molecule has 2 N–H and O–H groups in total. The van der Waals surface area contributed by atoms with Crippen molar-refractivity contribution < 1.29 is 0 Å². The van der Waals surface area contributed by atoms with Gasteiger partial charge in [0.25, 0.3) is 0 Å². The lowest BCUT2D eigenvalue weighted by molar-refractivity contribution is 0.754. The summed E-state index contributed by atoms with van der Waals surface area (Å²) in [5, 5.41) is 0. The Kier molecular flexibility index (Phi) is 3.56. The molecule has 1 aromatic heterocycles. The second-order valence-electron chi connectivity index (χ2n) is 3.36. The molecule has 0 radical (unpaired) electrons. The van der Waals surface area contributed by atoms with Gasteiger partial charge in [0.15, 0.2) is 5.82 Å². The smallest absolute Gasteiger partial charge is 0.153 e. The zero-order valence-electron chi connectivity index (χ0n) is 8.86. The zero-order valence-corrected chi connectivity index (χ0v) is 8.86. The molecular weight excluding hydrogens is 176 g/mol. The van der Waals surface area contributed by atoms with Gasteiger partial charge in [0.05, 0.1) is 5.69 Å². The SMILES string of the molecule is CCC(C)/C=N\c1c(C)ncnc1N. The van der Waals surface area contributed by atoms with Gasteiger partial charge in [-0.3, -0.25) is 4.99 Å². The number of hydrogen-bond donors (Lipinski definition) is 1.